The van der Waals surface area contributed by atoms with E-state index in [9.17, 15) is 14.3 Å². The number of benzene rings is 2. The number of ether oxygens (including phenoxy) is 2. The second-order valence-electron chi connectivity index (χ2n) is 9.19. The first kappa shape index (κ1) is 28.4. The topological polar surface area (TPSA) is 105 Å². The number of phenols is 1. The van der Waals surface area contributed by atoms with Crippen LogP contribution in [0.25, 0.3) is 17.2 Å². The lowest BCUT2D eigenvalue weighted by Crippen LogP contribution is -2.46. The molecule has 9 heteroatoms. The van der Waals surface area contributed by atoms with Crippen molar-refractivity contribution in [2.75, 3.05) is 27.3 Å². The van der Waals surface area contributed by atoms with Crippen molar-refractivity contribution < 1.29 is 23.8 Å². The summed E-state index contributed by atoms with van der Waals surface area (Å²) < 4.78 is 25.2. The Kier molecular flexibility index (Phi) is 9.19. The van der Waals surface area contributed by atoms with Gasteiger partial charge in [0.05, 0.1) is 14.2 Å². The molecule has 8 nitrogen and oxygen atoms in total. The molecule has 0 bridgehead atoms. The van der Waals surface area contributed by atoms with E-state index >= 15 is 0 Å². The van der Waals surface area contributed by atoms with Crippen LogP contribution in [-0.2, 0) is 11.3 Å². The first-order valence-electron chi connectivity index (χ1n) is 12.8. The third-order valence-electron chi connectivity index (χ3n) is 6.69. The summed E-state index contributed by atoms with van der Waals surface area (Å²) in [5.74, 6) is -0.233. The highest BCUT2D eigenvalue weighted by Crippen LogP contribution is 2.45. The number of nitrogens with zero attached hydrogens (tertiary/aromatic N) is 1. The average molecular weight is 545 g/mol. The van der Waals surface area contributed by atoms with E-state index < -0.39 is 11.9 Å². The van der Waals surface area contributed by atoms with Gasteiger partial charge in [-0.05, 0) is 88.5 Å². The molecule has 1 aliphatic rings. The summed E-state index contributed by atoms with van der Waals surface area (Å²) in [5.41, 5.74) is 5.30. The molecular formula is C31H33FN4O4. The van der Waals surface area contributed by atoms with E-state index in [1.807, 2.05) is 25.1 Å². The van der Waals surface area contributed by atoms with Crippen LogP contribution in [0, 0.1) is 5.82 Å². The molecule has 1 unspecified atom stereocenters. The van der Waals surface area contributed by atoms with Crippen molar-refractivity contribution in [2.24, 2.45) is 0 Å². The molecule has 4 rings (SSSR count). The van der Waals surface area contributed by atoms with E-state index in [0.717, 1.165) is 22.3 Å². The Morgan fingerprint density at radius 2 is 1.88 bits per heavy atom. The Bertz CT molecular complexity index is 1430. The fraction of sp³-hybridized carbons (Fsp3) is 0.226. The number of aromatic nitrogens is 1. The number of hydrogen-bond acceptors (Lipinski definition) is 7. The lowest BCUT2D eigenvalue weighted by Gasteiger charge is -2.22. The molecule has 0 saturated carbocycles. The third-order valence-corrected chi connectivity index (χ3v) is 6.69. The summed E-state index contributed by atoms with van der Waals surface area (Å²) in [6, 6.07) is 10.9. The molecule has 0 saturated heterocycles. The van der Waals surface area contributed by atoms with Gasteiger partial charge in [-0.2, -0.15) is 0 Å². The number of amides is 1. The van der Waals surface area contributed by atoms with Crippen LogP contribution in [0.1, 0.15) is 29.2 Å². The molecule has 208 valence electrons. The van der Waals surface area contributed by atoms with Crippen LogP contribution in [0.15, 0.2) is 73.2 Å². The number of rotatable bonds is 12. The first-order valence-corrected chi connectivity index (χ1v) is 12.8. The number of allylic oxidation sites excluding steroid dienone is 2. The molecule has 0 aliphatic heterocycles. The SMILES string of the molecule is C=CNCCNC(C(=O)NCc1cccnc1)C1=C(C)/C(=C/c2cc(OC)c(O)c(OC)c2)c2ccc(F)cc21. The maximum atomic E-state index is 14.6. The Balaban J connectivity index is 1.78. The normalized spacial score (nSPS) is 14.1. The van der Waals surface area contributed by atoms with Gasteiger partial charge in [0.2, 0.25) is 11.7 Å². The fourth-order valence-corrected chi connectivity index (χ4v) is 4.76. The minimum absolute atomic E-state index is 0.100. The lowest BCUT2D eigenvalue weighted by atomic mass is 9.97. The van der Waals surface area contributed by atoms with Crippen molar-refractivity contribution >= 4 is 23.1 Å². The summed E-state index contributed by atoms with van der Waals surface area (Å²) in [6.45, 7) is 6.90. The second-order valence-corrected chi connectivity index (χ2v) is 9.19. The zero-order valence-electron chi connectivity index (χ0n) is 22.8. The maximum Gasteiger partial charge on any atom is 0.242 e. The predicted molar refractivity (Wildman–Crippen MR) is 154 cm³/mol. The monoisotopic (exact) mass is 544 g/mol. The van der Waals surface area contributed by atoms with Crippen LogP contribution in [0.2, 0.25) is 0 Å². The van der Waals surface area contributed by atoms with Gasteiger partial charge in [0, 0.05) is 32.0 Å². The largest absolute Gasteiger partial charge is 0.502 e. The smallest absolute Gasteiger partial charge is 0.242 e. The minimum atomic E-state index is -0.765. The highest BCUT2D eigenvalue weighted by molar-refractivity contribution is 6.11. The number of aromatic hydroxyl groups is 1. The van der Waals surface area contributed by atoms with Gasteiger partial charge in [-0.1, -0.05) is 18.7 Å². The molecule has 3 aromatic rings. The quantitative estimate of drug-likeness (QED) is 0.252. The van der Waals surface area contributed by atoms with E-state index in [0.29, 0.717) is 36.3 Å². The van der Waals surface area contributed by atoms with Crippen molar-refractivity contribution in [3.63, 3.8) is 0 Å². The summed E-state index contributed by atoms with van der Waals surface area (Å²) in [6.07, 6.45) is 6.87. The average Bonchev–Trinajstić information content (AvgIpc) is 3.22. The summed E-state index contributed by atoms with van der Waals surface area (Å²) in [4.78, 5) is 17.7. The number of halogens is 1. The third kappa shape index (κ3) is 6.16. The van der Waals surface area contributed by atoms with E-state index in [2.05, 4.69) is 27.5 Å². The zero-order valence-corrected chi connectivity index (χ0v) is 22.8. The van der Waals surface area contributed by atoms with Gasteiger partial charge in [0.15, 0.2) is 11.5 Å². The molecule has 0 fully saturated rings. The van der Waals surface area contributed by atoms with E-state index in [1.54, 1.807) is 36.8 Å². The summed E-state index contributed by atoms with van der Waals surface area (Å²) >= 11 is 0. The molecule has 40 heavy (non-hydrogen) atoms. The number of carbonyl (C=O) groups excluding carboxylic acids is 1. The predicted octanol–water partition coefficient (Wildman–Crippen LogP) is 4.28. The van der Waals surface area contributed by atoms with Crippen molar-refractivity contribution in [2.45, 2.75) is 19.5 Å². The van der Waals surface area contributed by atoms with E-state index in [1.165, 1.54) is 26.4 Å². The molecule has 1 aromatic heterocycles. The maximum absolute atomic E-state index is 14.6. The fourth-order valence-electron chi connectivity index (χ4n) is 4.76. The van der Waals surface area contributed by atoms with Crippen LogP contribution in [0.4, 0.5) is 4.39 Å². The van der Waals surface area contributed by atoms with Crippen molar-refractivity contribution in [3.05, 3.63) is 101 Å². The number of carbonyl (C=O) groups is 1. The molecule has 4 N–H and O–H groups in total. The van der Waals surface area contributed by atoms with Crippen LogP contribution in [-0.4, -0.2) is 49.3 Å². The van der Waals surface area contributed by atoms with Gasteiger partial charge in [0.25, 0.3) is 0 Å². The van der Waals surface area contributed by atoms with Crippen LogP contribution in [0.5, 0.6) is 17.2 Å². The Morgan fingerprint density at radius 1 is 1.12 bits per heavy atom. The molecule has 1 atom stereocenters. The van der Waals surface area contributed by atoms with Gasteiger partial charge in [-0.25, -0.2) is 4.39 Å². The van der Waals surface area contributed by atoms with Gasteiger partial charge >= 0.3 is 0 Å². The van der Waals surface area contributed by atoms with E-state index in [-0.39, 0.29) is 23.2 Å². The molecule has 1 heterocycles. The highest BCUT2D eigenvalue weighted by Gasteiger charge is 2.33. The Morgan fingerprint density at radius 3 is 2.52 bits per heavy atom. The zero-order chi connectivity index (χ0) is 28.6. The number of fused-ring (bicyclic) bond motifs is 1. The van der Waals surface area contributed by atoms with Crippen LogP contribution >= 0.6 is 0 Å². The standard InChI is InChI=1S/C31H33FN4O4/c1-5-33-11-12-35-29(31(38)36-18-20-7-6-10-34-17-20)28-19(2)24(23-9-8-22(32)16-25(23)28)13-21-14-26(39-3)30(37)27(15-21)40-4/h5-10,13-17,29,33,35,37H,1,11-12,18H2,2-4H3,(H,36,38)/b24-13-. The number of methoxy groups -OCH3 is 2. The lowest BCUT2D eigenvalue weighted by molar-refractivity contribution is -0.122. The van der Waals surface area contributed by atoms with Crippen LogP contribution < -0.4 is 25.4 Å². The van der Waals surface area contributed by atoms with Gasteiger partial charge < -0.3 is 30.5 Å². The number of phenolic OH excluding ortho intramolecular Hbond substituents is 1. The molecule has 1 amide bonds. The Hall–Kier alpha value is -4.63. The second kappa shape index (κ2) is 12.9. The molecule has 1 aliphatic carbocycles. The number of hydrogen-bond donors (Lipinski definition) is 4. The minimum Gasteiger partial charge on any atom is -0.502 e. The number of nitrogens with one attached hydrogen (secondary N) is 3. The summed E-state index contributed by atoms with van der Waals surface area (Å²) in [7, 11) is 2.92. The molecule has 0 radical (unpaired) electrons. The first-order chi connectivity index (χ1) is 19.4. The highest BCUT2D eigenvalue weighted by atomic mass is 19.1. The number of pyridine rings is 1. The van der Waals surface area contributed by atoms with E-state index in [4.69, 9.17) is 9.47 Å². The molecule has 2 aromatic carbocycles. The van der Waals surface area contributed by atoms with Crippen molar-refractivity contribution in [1.29, 1.82) is 0 Å². The summed E-state index contributed by atoms with van der Waals surface area (Å²) in [5, 5.41) is 19.7. The van der Waals surface area contributed by atoms with Crippen LogP contribution in [0.3, 0.4) is 0 Å². The molecule has 0 spiro atoms. The van der Waals surface area contributed by atoms with Crippen molar-refractivity contribution in [3.8, 4) is 17.2 Å². The van der Waals surface area contributed by atoms with Gasteiger partial charge in [0.1, 0.15) is 11.9 Å². The van der Waals surface area contributed by atoms with Crippen molar-refractivity contribution in [1.82, 2.24) is 20.9 Å². The van der Waals surface area contributed by atoms with Gasteiger partial charge in [-0.3, -0.25) is 9.78 Å². The Labute approximate surface area is 233 Å². The molecular weight excluding hydrogens is 511 g/mol. The van der Waals surface area contributed by atoms with Gasteiger partial charge in [-0.15, -0.1) is 0 Å².